The molecule has 0 amide bonds. The largest absolute Gasteiger partial charge is 0.396 e. The second-order valence-corrected chi connectivity index (χ2v) is 6.42. The molecular formula is C19H22N4O5. The molecule has 0 aromatic heterocycles. The lowest BCUT2D eigenvalue weighted by Gasteiger charge is -2.14. The molecule has 0 aliphatic heterocycles. The van der Waals surface area contributed by atoms with Gasteiger partial charge in [-0.2, -0.15) is 5.11 Å². The molecule has 2 aromatic rings. The zero-order chi connectivity index (χ0) is 20.5. The minimum atomic E-state index is -0.723. The van der Waals surface area contributed by atoms with E-state index in [2.05, 4.69) is 17.2 Å². The number of nitrogens with zero attached hydrogens (tertiary/aromatic N) is 4. The van der Waals surface area contributed by atoms with Crippen LogP contribution in [0.15, 0.2) is 52.7 Å². The van der Waals surface area contributed by atoms with Crippen LogP contribution in [0.4, 0.5) is 22.7 Å². The average molecular weight is 386 g/mol. The fraction of sp³-hybridized carbons (Fsp3) is 0.368. The van der Waals surface area contributed by atoms with E-state index in [-0.39, 0.29) is 18.0 Å². The minimum absolute atomic E-state index is 0.0503. The highest BCUT2D eigenvalue weighted by atomic mass is 16.6. The molecule has 148 valence electrons. The van der Waals surface area contributed by atoms with Gasteiger partial charge in [0.2, 0.25) is 0 Å². The molecule has 0 radical (unpaired) electrons. The van der Waals surface area contributed by atoms with Crippen LogP contribution < -0.4 is 0 Å². The van der Waals surface area contributed by atoms with Gasteiger partial charge in [0.15, 0.2) is 5.69 Å². The van der Waals surface area contributed by atoms with Gasteiger partial charge in [-0.15, -0.1) is 5.11 Å². The summed E-state index contributed by atoms with van der Waals surface area (Å²) in [5.41, 5.74) is 0.740. The zero-order valence-corrected chi connectivity index (χ0v) is 15.5. The summed E-state index contributed by atoms with van der Waals surface area (Å²) in [5.74, 6) is 0.422. The Bertz CT molecular complexity index is 846. The van der Waals surface area contributed by atoms with E-state index in [0.717, 1.165) is 43.4 Å². The quantitative estimate of drug-likeness (QED) is 0.338. The number of hydrogen-bond acceptors (Lipinski definition) is 7. The number of aliphatic hydroxyl groups excluding tert-OH is 1. The van der Waals surface area contributed by atoms with Gasteiger partial charge < -0.3 is 5.11 Å². The van der Waals surface area contributed by atoms with Crippen molar-refractivity contribution in [2.75, 3.05) is 6.61 Å². The minimum Gasteiger partial charge on any atom is -0.396 e. The second kappa shape index (κ2) is 10.2. The van der Waals surface area contributed by atoms with Gasteiger partial charge in [0.1, 0.15) is 0 Å². The Morgan fingerprint density at radius 2 is 1.71 bits per heavy atom. The summed E-state index contributed by atoms with van der Waals surface area (Å²) >= 11 is 0. The van der Waals surface area contributed by atoms with Crippen LogP contribution in [0.1, 0.15) is 31.7 Å². The fourth-order valence-electron chi connectivity index (χ4n) is 2.94. The first-order chi connectivity index (χ1) is 13.4. The molecule has 0 heterocycles. The molecular weight excluding hydrogens is 364 g/mol. The van der Waals surface area contributed by atoms with Gasteiger partial charge in [-0.25, -0.2) is 0 Å². The van der Waals surface area contributed by atoms with E-state index in [1.54, 1.807) is 12.1 Å². The lowest BCUT2D eigenvalue weighted by atomic mass is 9.92. The smallest absolute Gasteiger partial charge is 0.303 e. The molecule has 28 heavy (non-hydrogen) atoms. The Hall–Kier alpha value is -3.20. The van der Waals surface area contributed by atoms with Crippen LogP contribution in [0.2, 0.25) is 0 Å². The highest BCUT2D eigenvalue weighted by Gasteiger charge is 2.19. The van der Waals surface area contributed by atoms with Gasteiger partial charge in [0.25, 0.3) is 5.69 Å². The zero-order valence-electron chi connectivity index (χ0n) is 15.5. The van der Waals surface area contributed by atoms with Crippen molar-refractivity contribution in [1.29, 1.82) is 0 Å². The van der Waals surface area contributed by atoms with Crippen molar-refractivity contribution in [1.82, 2.24) is 0 Å². The van der Waals surface area contributed by atoms with Crippen molar-refractivity contribution in [2.24, 2.45) is 16.1 Å². The van der Waals surface area contributed by atoms with Crippen LogP contribution in [0, 0.1) is 26.1 Å². The molecule has 1 atom stereocenters. The van der Waals surface area contributed by atoms with Gasteiger partial charge in [-0.3, -0.25) is 20.2 Å². The molecule has 0 aliphatic carbocycles. The Labute approximate surface area is 162 Å². The first kappa shape index (κ1) is 21.1. The van der Waals surface area contributed by atoms with Crippen molar-refractivity contribution in [3.63, 3.8) is 0 Å². The molecule has 9 heteroatoms. The molecule has 0 saturated heterocycles. The number of rotatable bonds is 10. The summed E-state index contributed by atoms with van der Waals surface area (Å²) in [6.07, 6.45) is 3.73. The van der Waals surface area contributed by atoms with Crippen LogP contribution in [0.3, 0.4) is 0 Å². The van der Waals surface area contributed by atoms with Gasteiger partial charge in [-0.05, 0) is 42.5 Å². The molecule has 2 rings (SSSR count). The molecule has 1 unspecified atom stereocenters. The molecule has 0 fully saturated rings. The highest BCUT2D eigenvalue weighted by Crippen LogP contribution is 2.32. The third-order valence-corrected chi connectivity index (χ3v) is 4.33. The van der Waals surface area contributed by atoms with Gasteiger partial charge in [0.05, 0.1) is 21.6 Å². The number of nitro groups is 2. The fourth-order valence-corrected chi connectivity index (χ4v) is 2.94. The summed E-state index contributed by atoms with van der Waals surface area (Å²) < 4.78 is 0. The molecule has 1 N–H and O–H groups in total. The summed E-state index contributed by atoms with van der Waals surface area (Å²) in [7, 11) is 0. The van der Waals surface area contributed by atoms with E-state index in [4.69, 9.17) is 5.11 Å². The van der Waals surface area contributed by atoms with Crippen LogP contribution in [0.5, 0.6) is 0 Å². The van der Waals surface area contributed by atoms with E-state index in [1.807, 2.05) is 12.1 Å². The normalized spacial score (nSPS) is 12.2. The van der Waals surface area contributed by atoms with Gasteiger partial charge in [0, 0.05) is 12.7 Å². The lowest BCUT2D eigenvalue weighted by molar-refractivity contribution is -0.393. The molecule has 0 saturated carbocycles. The van der Waals surface area contributed by atoms with E-state index >= 15 is 0 Å². The van der Waals surface area contributed by atoms with Gasteiger partial charge in [-0.1, -0.05) is 31.9 Å². The third-order valence-electron chi connectivity index (χ3n) is 4.33. The summed E-state index contributed by atoms with van der Waals surface area (Å²) in [4.78, 5) is 20.5. The average Bonchev–Trinajstić information content (AvgIpc) is 2.67. The Morgan fingerprint density at radius 1 is 1.00 bits per heavy atom. The monoisotopic (exact) mass is 386 g/mol. The maximum Gasteiger partial charge on any atom is 0.303 e. The lowest BCUT2D eigenvalue weighted by Crippen LogP contribution is -2.06. The topological polar surface area (TPSA) is 131 Å². The molecule has 0 spiro atoms. The van der Waals surface area contributed by atoms with Gasteiger partial charge >= 0.3 is 5.69 Å². The number of azo groups is 1. The molecule has 9 nitrogen and oxygen atoms in total. The van der Waals surface area contributed by atoms with Crippen LogP contribution in [-0.2, 0) is 6.42 Å². The first-order valence-corrected chi connectivity index (χ1v) is 8.99. The number of hydrogen-bond donors (Lipinski definition) is 1. The Kier molecular flexibility index (Phi) is 7.70. The Balaban J connectivity index is 2.14. The maximum atomic E-state index is 11.1. The van der Waals surface area contributed by atoms with Crippen molar-refractivity contribution in [2.45, 2.75) is 32.6 Å². The van der Waals surface area contributed by atoms with Crippen LogP contribution in [0.25, 0.3) is 0 Å². The predicted molar refractivity (Wildman–Crippen MR) is 104 cm³/mol. The predicted octanol–water partition coefficient (Wildman–Crippen LogP) is 5.26. The Morgan fingerprint density at radius 3 is 2.29 bits per heavy atom. The number of benzene rings is 2. The summed E-state index contributed by atoms with van der Waals surface area (Å²) in [6, 6.07) is 10.6. The van der Waals surface area contributed by atoms with Crippen molar-refractivity contribution in [3.05, 3.63) is 68.3 Å². The standard InChI is InChI=1S/C19H22N4O5/c1-2-3-14(10-11-24)12-15-4-6-16(7-5-15)20-21-18-9-8-17(22(25)26)13-19(18)23(27)28/h4-9,13-14,24H,2-3,10-12H2,1H3. The first-order valence-electron chi connectivity index (χ1n) is 8.99. The van der Waals surface area contributed by atoms with Crippen molar-refractivity contribution in [3.8, 4) is 0 Å². The van der Waals surface area contributed by atoms with Crippen molar-refractivity contribution < 1.29 is 15.0 Å². The summed E-state index contributed by atoms with van der Waals surface area (Å²) in [6.45, 7) is 2.29. The third kappa shape index (κ3) is 5.92. The van der Waals surface area contributed by atoms with Crippen LogP contribution in [-0.4, -0.2) is 21.6 Å². The number of non-ortho nitro benzene ring substituents is 1. The molecule has 0 aliphatic rings. The van der Waals surface area contributed by atoms with E-state index in [0.29, 0.717) is 11.6 Å². The van der Waals surface area contributed by atoms with Crippen LogP contribution >= 0.6 is 0 Å². The molecule has 2 aromatic carbocycles. The highest BCUT2D eigenvalue weighted by molar-refractivity contribution is 5.61. The maximum absolute atomic E-state index is 11.1. The van der Waals surface area contributed by atoms with E-state index < -0.39 is 15.5 Å². The number of nitro benzene ring substituents is 2. The summed E-state index contributed by atoms with van der Waals surface area (Å²) in [5, 5.41) is 38.9. The SMILES string of the molecule is CCCC(CCO)Cc1ccc(N=Nc2ccc([N+](=O)[O-])cc2[N+](=O)[O-])cc1. The van der Waals surface area contributed by atoms with Crippen molar-refractivity contribution >= 4 is 22.7 Å². The van der Waals surface area contributed by atoms with E-state index in [9.17, 15) is 20.2 Å². The second-order valence-electron chi connectivity index (χ2n) is 6.42. The number of aliphatic hydroxyl groups is 1. The molecule has 0 bridgehead atoms. The van der Waals surface area contributed by atoms with E-state index in [1.165, 1.54) is 6.07 Å².